The van der Waals surface area contributed by atoms with Crippen LogP contribution < -0.4 is 0 Å². The first-order valence-electron chi connectivity index (χ1n) is 21.4. The maximum atomic E-state index is 12.6. The van der Waals surface area contributed by atoms with Crippen LogP contribution in [0.5, 0.6) is 0 Å². The molecule has 0 amide bonds. The highest BCUT2D eigenvalue weighted by atomic mass is 16.6. The van der Waals surface area contributed by atoms with Gasteiger partial charge in [-0.15, -0.1) is 0 Å². The summed E-state index contributed by atoms with van der Waals surface area (Å²) >= 11 is 0. The van der Waals surface area contributed by atoms with Gasteiger partial charge in [-0.25, -0.2) is 0 Å². The first-order valence-corrected chi connectivity index (χ1v) is 21.4. The van der Waals surface area contributed by atoms with Crippen LogP contribution in [0.2, 0.25) is 0 Å². The van der Waals surface area contributed by atoms with Crippen molar-refractivity contribution in [1.82, 2.24) is 0 Å². The van der Waals surface area contributed by atoms with Gasteiger partial charge in [-0.2, -0.15) is 0 Å². The molecule has 0 aromatic carbocycles. The number of hydrogen-bond donors (Lipinski definition) is 0. The van der Waals surface area contributed by atoms with Crippen molar-refractivity contribution in [2.75, 3.05) is 13.2 Å². The Kier molecular flexibility index (Phi) is 36.4. The summed E-state index contributed by atoms with van der Waals surface area (Å²) in [6.45, 7) is 8.89. The lowest BCUT2D eigenvalue weighted by Gasteiger charge is -2.18. The molecule has 0 aliphatic rings. The molecule has 1 atom stereocenters. The molecule has 0 aliphatic heterocycles. The average molecular weight is 695 g/mol. The fourth-order valence-electron chi connectivity index (χ4n) is 6.27. The number of esters is 3. The predicted octanol–water partition coefficient (Wildman–Crippen LogP) is 13.2. The van der Waals surface area contributed by atoms with E-state index in [1.807, 2.05) is 0 Å². The quantitative estimate of drug-likeness (QED) is 0.0364. The van der Waals surface area contributed by atoms with Gasteiger partial charge >= 0.3 is 17.9 Å². The lowest BCUT2D eigenvalue weighted by Crippen LogP contribution is -2.30. The number of hydrogen-bond acceptors (Lipinski definition) is 6. The van der Waals surface area contributed by atoms with Gasteiger partial charge < -0.3 is 14.2 Å². The largest absolute Gasteiger partial charge is 0.462 e. The lowest BCUT2D eigenvalue weighted by molar-refractivity contribution is -0.167. The monoisotopic (exact) mass is 695 g/mol. The van der Waals surface area contributed by atoms with Crippen LogP contribution in [0.4, 0.5) is 0 Å². The molecule has 0 aliphatic carbocycles. The molecule has 0 aromatic rings. The van der Waals surface area contributed by atoms with E-state index in [0.29, 0.717) is 19.3 Å². The van der Waals surface area contributed by atoms with Crippen molar-refractivity contribution >= 4 is 17.9 Å². The summed E-state index contributed by atoms with van der Waals surface area (Å²) in [5, 5.41) is 0. The van der Waals surface area contributed by atoms with E-state index in [-0.39, 0.29) is 31.1 Å². The standard InChI is InChI=1S/C43H82O6/c1-5-7-9-11-13-14-15-16-17-18-19-23-28-32-36-43(46)49-40(37-47-41(44)34-30-26-21-12-10-8-6-2)38-48-42(45)35-31-27-24-20-22-25-29-33-39(3)4/h39-40H,5-38H2,1-4H3/t40-/m0/s1. The SMILES string of the molecule is CCCCCCCCCCCCCCCCC(=O)O[C@@H](COC(=O)CCCCCCCCC)COC(=O)CCCCCCCCCC(C)C. The molecule has 0 saturated carbocycles. The normalized spacial score (nSPS) is 11.9. The van der Waals surface area contributed by atoms with Crippen LogP contribution in [0.1, 0.15) is 233 Å². The van der Waals surface area contributed by atoms with Gasteiger partial charge in [0.1, 0.15) is 13.2 Å². The maximum absolute atomic E-state index is 12.6. The van der Waals surface area contributed by atoms with Gasteiger partial charge in [0, 0.05) is 19.3 Å². The average Bonchev–Trinajstić information content (AvgIpc) is 3.08. The van der Waals surface area contributed by atoms with Gasteiger partial charge in [0.25, 0.3) is 0 Å². The summed E-state index contributed by atoms with van der Waals surface area (Å²) in [5.41, 5.74) is 0. The second-order valence-electron chi connectivity index (χ2n) is 15.1. The van der Waals surface area contributed by atoms with E-state index in [1.165, 1.54) is 128 Å². The van der Waals surface area contributed by atoms with Gasteiger partial charge in [-0.05, 0) is 25.2 Å². The lowest BCUT2D eigenvalue weighted by atomic mass is 10.0. The van der Waals surface area contributed by atoms with Crippen LogP contribution in [-0.2, 0) is 28.6 Å². The molecule has 290 valence electrons. The molecule has 0 heterocycles. The molecule has 49 heavy (non-hydrogen) atoms. The van der Waals surface area contributed by atoms with E-state index >= 15 is 0 Å². The van der Waals surface area contributed by atoms with E-state index in [2.05, 4.69) is 27.7 Å². The molecule has 0 bridgehead atoms. The second kappa shape index (κ2) is 37.7. The van der Waals surface area contributed by atoms with E-state index in [0.717, 1.165) is 63.7 Å². The third-order valence-electron chi connectivity index (χ3n) is 9.54. The Balaban J connectivity index is 4.29. The molecule has 0 aromatic heterocycles. The maximum Gasteiger partial charge on any atom is 0.306 e. The zero-order valence-electron chi connectivity index (χ0n) is 33.1. The van der Waals surface area contributed by atoms with Crippen LogP contribution >= 0.6 is 0 Å². The van der Waals surface area contributed by atoms with E-state index < -0.39 is 6.10 Å². The Morgan fingerprint density at radius 1 is 0.388 bits per heavy atom. The van der Waals surface area contributed by atoms with Crippen LogP contribution in [0, 0.1) is 5.92 Å². The number of rotatable bonds is 38. The summed E-state index contributed by atoms with van der Waals surface area (Å²) < 4.78 is 16.6. The minimum atomic E-state index is -0.757. The minimum absolute atomic E-state index is 0.0656. The molecule has 0 saturated heterocycles. The zero-order chi connectivity index (χ0) is 36.0. The summed E-state index contributed by atoms with van der Waals surface area (Å²) in [6, 6.07) is 0. The van der Waals surface area contributed by atoms with Crippen molar-refractivity contribution < 1.29 is 28.6 Å². The second-order valence-corrected chi connectivity index (χ2v) is 15.1. The number of carbonyl (C=O) groups is 3. The van der Waals surface area contributed by atoms with Crippen molar-refractivity contribution in [2.24, 2.45) is 5.92 Å². The van der Waals surface area contributed by atoms with Crippen molar-refractivity contribution in [3.63, 3.8) is 0 Å². The highest BCUT2D eigenvalue weighted by Crippen LogP contribution is 2.15. The predicted molar refractivity (Wildman–Crippen MR) is 206 cm³/mol. The van der Waals surface area contributed by atoms with Crippen LogP contribution in [-0.4, -0.2) is 37.2 Å². The Morgan fingerprint density at radius 3 is 1.00 bits per heavy atom. The van der Waals surface area contributed by atoms with Gasteiger partial charge in [-0.1, -0.05) is 195 Å². The number of unbranched alkanes of at least 4 members (excludes halogenated alkanes) is 25. The Bertz CT molecular complexity index is 736. The molecule has 0 rings (SSSR count). The molecule has 0 radical (unpaired) electrons. The third-order valence-corrected chi connectivity index (χ3v) is 9.54. The third kappa shape index (κ3) is 37.5. The first kappa shape index (κ1) is 47.4. The molecular weight excluding hydrogens is 612 g/mol. The minimum Gasteiger partial charge on any atom is -0.462 e. The summed E-state index contributed by atoms with van der Waals surface area (Å²) in [4.78, 5) is 37.4. The van der Waals surface area contributed by atoms with E-state index in [1.54, 1.807) is 0 Å². The fraction of sp³-hybridized carbons (Fsp3) is 0.930. The molecule has 6 nitrogen and oxygen atoms in total. The zero-order valence-corrected chi connectivity index (χ0v) is 33.1. The van der Waals surface area contributed by atoms with E-state index in [4.69, 9.17) is 14.2 Å². The van der Waals surface area contributed by atoms with Crippen molar-refractivity contribution in [2.45, 2.75) is 239 Å². The van der Waals surface area contributed by atoms with Crippen molar-refractivity contribution in [3.8, 4) is 0 Å². The summed E-state index contributed by atoms with van der Waals surface area (Å²) in [7, 11) is 0. The van der Waals surface area contributed by atoms with E-state index in [9.17, 15) is 14.4 Å². The molecule has 0 unspecified atom stereocenters. The fourth-order valence-corrected chi connectivity index (χ4v) is 6.27. The Morgan fingerprint density at radius 2 is 0.673 bits per heavy atom. The summed E-state index contributed by atoms with van der Waals surface area (Å²) in [5.74, 6) is -0.0852. The highest BCUT2D eigenvalue weighted by molar-refractivity contribution is 5.71. The Hall–Kier alpha value is -1.59. The highest BCUT2D eigenvalue weighted by Gasteiger charge is 2.19. The number of carbonyl (C=O) groups excluding carboxylic acids is 3. The van der Waals surface area contributed by atoms with Crippen LogP contribution in [0.3, 0.4) is 0 Å². The van der Waals surface area contributed by atoms with Crippen LogP contribution in [0.15, 0.2) is 0 Å². The van der Waals surface area contributed by atoms with Gasteiger partial charge in [0.15, 0.2) is 6.10 Å². The molecule has 0 spiro atoms. The van der Waals surface area contributed by atoms with Gasteiger partial charge in [0.2, 0.25) is 0 Å². The van der Waals surface area contributed by atoms with Crippen molar-refractivity contribution in [1.29, 1.82) is 0 Å². The Labute approximate surface area is 304 Å². The van der Waals surface area contributed by atoms with Crippen molar-refractivity contribution in [3.05, 3.63) is 0 Å². The molecule has 0 fully saturated rings. The van der Waals surface area contributed by atoms with Gasteiger partial charge in [-0.3, -0.25) is 14.4 Å². The first-order chi connectivity index (χ1) is 23.9. The van der Waals surface area contributed by atoms with Crippen LogP contribution in [0.25, 0.3) is 0 Å². The smallest absolute Gasteiger partial charge is 0.306 e. The topological polar surface area (TPSA) is 78.9 Å². The molecule has 6 heteroatoms. The molecular formula is C43H82O6. The number of ether oxygens (including phenoxy) is 3. The summed E-state index contributed by atoms with van der Waals surface area (Å²) in [6.07, 6.45) is 35.3. The molecule has 0 N–H and O–H groups in total. The van der Waals surface area contributed by atoms with Gasteiger partial charge in [0.05, 0.1) is 0 Å².